The zero-order chi connectivity index (χ0) is 14.1. The highest BCUT2D eigenvalue weighted by molar-refractivity contribution is 5.79. The van der Waals surface area contributed by atoms with E-state index in [0.29, 0.717) is 24.3 Å². The summed E-state index contributed by atoms with van der Waals surface area (Å²) in [7, 11) is 0. The lowest BCUT2D eigenvalue weighted by Gasteiger charge is -2.38. The Morgan fingerprint density at radius 2 is 2.25 bits per heavy atom. The highest BCUT2D eigenvalue weighted by atomic mass is 16.2. The predicted octanol–water partition coefficient (Wildman–Crippen LogP) is 1.03. The number of anilines is 2. The molecule has 1 N–H and O–H groups in total. The van der Waals surface area contributed by atoms with Crippen LogP contribution in [-0.2, 0) is 4.79 Å². The highest BCUT2D eigenvalue weighted by Gasteiger charge is 2.35. The van der Waals surface area contributed by atoms with E-state index in [1.165, 1.54) is 0 Å². The van der Waals surface area contributed by atoms with Crippen molar-refractivity contribution in [1.29, 1.82) is 0 Å². The van der Waals surface area contributed by atoms with Gasteiger partial charge in [0.15, 0.2) is 0 Å². The van der Waals surface area contributed by atoms with E-state index >= 15 is 0 Å². The molecule has 1 aromatic rings. The Kier molecular flexibility index (Phi) is 3.46. The molecule has 108 valence electrons. The summed E-state index contributed by atoms with van der Waals surface area (Å²) in [5, 5.41) is 3.17. The maximum absolute atomic E-state index is 11.7. The van der Waals surface area contributed by atoms with Crippen LogP contribution in [0, 0.1) is 6.92 Å². The van der Waals surface area contributed by atoms with Crippen molar-refractivity contribution in [3.05, 3.63) is 11.8 Å². The molecule has 3 rings (SSSR count). The molecule has 2 aliphatic heterocycles. The molecule has 2 saturated heterocycles. The van der Waals surface area contributed by atoms with Crippen LogP contribution in [0.15, 0.2) is 6.07 Å². The minimum atomic E-state index is 0.307. The van der Waals surface area contributed by atoms with Crippen molar-refractivity contribution in [2.45, 2.75) is 32.7 Å². The number of carbonyl (C=O) groups is 1. The molecule has 2 fully saturated rings. The zero-order valence-corrected chi connectivity index (χ0v) is 12.1. The van der Waals surface area contributed by atoms with Crippen LogP contribution in [0.3, 0.4) is 0 Å². The van der Waals surface area contributed by atoms with Gasteiger partial charge in [-0.3, -0.25) is 4.79 Å². The molecule has 0 spiro atoms. The van der Waals surface area contributed by atoms with E-state index in [1.54, 1.807) is 0 Å². The minimum Gasteiger partial charge on any atom is -0.354 e. The molecule has 6 heteroatoms. The van der Waals surface area contributed by atoms with Crippen molar-refractivity contribution >= 4 is 17.7 Å². The number of nitrogens with one attached hydrogen (secondary N) is 1. The van der Waals surface area contributed by atoms with Gasteiger partial charge in [0.1, 0.15) is 5.82 Å². The second-order valence-electron chi connectivity index (χ2n) is 5.45. The van der Waals surface area contributed by atoms with Crippen LogP contribution in [0.25, 0.3) is 0 Å². The molecule has 20 heavy (non-hydrogen) atoms. The standard InChI is InChI=1S/C14H21N5O/c1-3-15-14-16-10(2)8-12(17-14)18-6-7-19-11(9-18)4-5-13(19)20/h8,11H,3-7,9H2,1-2H3,(H,15,16,17). The number of fused-ring (bicyclic) bond motifs is 1. The summed E-state index contributed by atoms with van der Waals surface area (Å²) < 4.78 is 0. The number of aryl methyl sites for hydroxylation is 1. The summed E-state index contributed by atoms with van der Waals surface area (Å²) in [5.41, 5.74) is 0.968. The predicted molar refractivity (Wildman–Crippen MR) is 77.9 cm³/mol. The van der Waals surface area contributed by atoms with Gasteiger partial charge < -0.3 is 15.1 Å². The van der Waals surface area contributed by atoms with Crippen molar-refractivity contribution in [2.24, 2.45) is 0 Å². The van der Waals surface area contributed by atoms with E-state index in [0.717, 1.165) is 44.1 Å². The van der Waals surface area contributed by atoms with Gasteiger partial charge in [0.2, 0.25) is 11.9 Å². The number of nitrogens with zero attached hydrogens (tertiary/aromatic N) is 4. The Bertz CT molecular complexity index is 518. The zero-order valence-electron chi connectivity index (χ0n) is 12.1. The van der Waals surface area contributed by atoms with Crippen LogP contribution in [-0.4, -0.2) is 53.0 Å². The largest absolute Gasteiger partial charge is 0.354 e. The number of carbonyl (C=O) groups excluding carboxylic acids is 1. The van der Waals surface area contributed by atoms with Crippen LogP contribution < -0.4 is 10.2 Å². The Morgan fingerprint density at radius 3 is 3.05 bits per heavy atom. The first-order valence-corrected chi connectivity index (χ1v) is 7.31. The molecule has 3 heterocycles. The van der Waals surface area contributed by atoms with Gasteiger partial charge in [0.25, 0.3) is 0 Å². The normalized spacial score (nSPS) is 22.1. The molecule has 1 aromatic heterocycles. The minimum absolute atomic E-state index is 0.307. The van der Waals surface area contributed by atoms with E-state index in [4.69, 9.17) is 0 Å². The van der Waals surface area contributed by atoms with Crippen LogP contribution in [0.5, 0.6) is 0 Å². The lowest BCUT2D eigenvalue weighted by Crippen LogP contribution is -2.51. The highest BCUT2D eigenvalue weighted by Crippen LogP contribution is 2.26. The van der Waals surface area contributed by atoms with E-state index in [9.17, 15) is 4.79 Å². The van der Waals surface area contributed by atoms with Crippen molar-refractivity contribution in [3.63, 3.8) is 0 Å². The van der Waals surface area contributed by atoms with Crippen molar-refractivity contribution in [1.82, 2.24) is 14.9 Å². The number of rotatable bonds is 3. The van der Waals surface area contributed by atoms with Crippen LogP contribution in [0.1, 0.15) is 25.5 Å². The molecule has 0 aliphatic carbocycles. The maximum Gasteiger partial charge on any atom is 0.224 e. The quantitative estimate of drug-likeness (QED) is 0.892. The molecule has 6 nitrogen and oxygen atoms in total. The molecule has 0 bridgehead atoms. The third kappa shape index (κ3) is 2.42. The number of hydrogen-bond acceptors (Lipinski definition) is 5. The second-order valence-corrected chi connectivity index (χ2v) is 5.45. The first kappa shape index (κ1) is 13.1. The summed E-state index contributed by atoms with van der Waals surface area (Å²) >= 11 is 0. The monoisotopic (exact) mass is 275 g/mol. The molecule has 0 saturated carbocycles. The van der Waals surface area contributed by atoms with Crippen molar-refractivity contribution in [3.8, 4) is 0 Å². The summed E-state index contributed by atoms with van der Waals surface area (Å²) in [4.78, 5) is 25.0. The van der Waals surface area contributed by atoms with Gasteiger partial charge in [-0.05, 0) is 20.3 Å². The Labute approximate surface area is 119 Å². The molecular weight excluding hydrogens is 254 g/mol. The molecule has 0 aromatic carbocycles. The van der Waals surface area contributed by atoms with Gasteiger partial charge in [-0.2, -0.15) is 4.98 Å². The Hall–Kier alpha value is -1.85. The number of aromatic nitrogens is 2. The third-order valence-corrected chi connectivity index (χ3v) is 3.99. The third-order valence-electron chi connectivity index (χ3n) is 3.99. The van der Waals surface area contributed by atoms with Crippen LogP contribution in [0.2, 0.25) is 0 Å². The fraction of sp³-hybridized carbons (Fsp3) is 0.643. The molecule has 2 aliphatic rings. The van der Waals surface area contributed by atoms with Gasteiger partial charge in [0, 0.05) is 50.4 Å². The Balaban J connectivity index is 1.78. The topological polar surface area (TPSA) is 61.4 Å². The summed E-state index contributed by atoms with van der Waals surface area (Å²) in [6.07, 6.45) is 1.67. The van der Waals surface area contributed by atoms with Crippen LogP contribution in [0.4, 0.5) is 11.8 Å². The number of piperazine rings is 1. The summed E-state index contributed by atoms with van der Waals surface area (Å²) in [6, 6.07) is 2.38. The van der Waals surface area contributed by atoms with E-state index < -0.39 is 0 Å². The average molecular weight is 275 g/mol. The molecule has 1 amide bonds. The van der Waals surface area contributed by atoms with Crippen molar-refractivity contribution < 1.29 is 4.79 Å². The second kappa shape index (κ2) is 5.26. The SMILES string of the molecule is CCNc1nc(C)cc(N2CCN3C(=O)CCC3C2)n1. The van der Waals surface area contributed by atoms with E-state index in [2.05, 4.69) is 20.2 Å². The van der Waals surface area contributed by atoms with Crippen LogP contribution >= 0.6 is 0 Å². The fourth-order valence-corrected chi connectivity index (χ4v) is 3.02. The molecule has 0 radical (unpaired) electrons. The summed E-state index contributed by atoms with van der Waals surface area (Å²) in [6.45, 7) is 7.38. The average Bonchev–Trinajstić information content (AvgIpc) is 2.80. The van der Waals surface area contributed by atoms with E-state index in [1.807, 2.05) is 24.8 Å². The number of hydrogen-bond donors (Lipinski definition) is 1. The smallest absolute Gasteiger partial charge is 0.224 e. The van der Waals surface area contributed by atoms with Gasteiger partial charge in [-0.1, -0.05) is 0 Å². The first-order chi connectivity index (χ1) is 9.67. The number of amides is 1. The van der Waals surface area contributed by atoms with Gasteiger partial charge in [-0.25, -0.2) is 4.98 Å². The van der Waals surface area contributed by atoms with Gasteiger partial charge in [-0.15, -0.1) is 0 Å². The van der Waals surface area contributed by atoms with Crippen molar-refractivity contribution in [2.75, 3.05) is 36.4 Å². The lowest BCUT2D eigenvalue weighted by atomic mass is 10.1. The van der Waals surface area contributed by atoms with Gasteiger partial charge >= 0.3 is 0 Å². The van der Waals surface area contributed by atoms with Gasteiger partial charge in [0.05, 0.1) is 0 Å². The first-order valence-electron chi connectivity index (χ1n) is 7.31. The Morgan fingerprint density at radius 1 is 1.40 bits per heavy atom. The summed E-state index contributed by atoms with van der Waals surface area (Å²) in [5.74, 6) is 1.96. The maximum atomic E-state index is 11.7. The van der Waals surface area contributed by atoms with E-state index in [-0.39, 0.29) is 0 Å². The molecular formula is C14H21N5O. The lowest BCUT2D eigenvalue weighted by molar-refractivity contribution is -0.129. The fourth-order valence-electron chi connectivity index (χ4n) is 3.02. The molecule has 1 unspecified atom stereocenters. The molecule has 1 atom stereocenters.